The molecule has 156 valence electrons. The van der Waals surface area contributed by atoms with Crippen LogP contribution in [0, 0.1) is 5.82 Å². The molecule has 0 spiro atoms. The first-order valence-electron chi connectivity index (χ1n) is 9.06. The predicted molar refractivity (Wildman–Crippen MR) is 118 cm³/mol. The zero-order valence-electron chi connectivity index (χ0n) is 16.0. The van der Waals surface area contributed by atoms with Gasteiger partial charge in [-0.15, -0.1) is 0 Å². The summed E-state index contributed by atoms with van der Waals surface area (Å²) in [5, 5.41) is 3.35. The van der Waals surface area contributed by atoms with Crippen LogP contribution in [0.4, 0.5) is 10.1 Å². The van der Waals surface area contributed by atoms with Crippen LogP contribution in [0.15, 0.2) is 65.6 Å². The molecule has 0 unspecified atom stereocenters. The van der Waals surface area contributed by atoms with Crippen molar-refractivity contribution in [2.24, 2.45) is 0 Å². The fourth-order valence-electron chi connectivity index (χ4n) is 2.89. The summed E-state index contributed by atoms with van der Waals surface area (Å²) in [6.45, 7) is 1.58. The fraction of sp³-hybridized carbons (Fsp3) is 0.136. The first-order chi connectivity index (χ1) is 14.2. The maximum absolute atomic E-state index is 13.3. The maximum atomic E-state index is 13.3. The van der Waals surface area contributed by atoms with Crippen LogP contribution in [-0.4, -0.2) is 20.1 Å². The summed E-state index contributed by atoms with van der Waals surface area (Å²) in [5.74, 6) is -0.694. The Morgan fingerprint density at radius 1 is 0.933 bits per heavy atom. The van der Waals surface area contributed by atoms with Gasteiger partial charge in [-0.05, 0) is 48.0 Å². The lowest BCUT2D eigenvalue weighted by atomic mass is 10.0. The third-order valence-corrected chi connectivity index (χ3v) is 6.88. The molecule has 0 radical (unpaired) electrons. The van der Waals surface area contributed by atoms with Crippen LogP contribution >= 0.6 is 23.2 Å². The molecular formula is C22H18Cl2FNO3S. The van der Waals surface area contributed by atoms with E-state index in [1.165, 1.54) is 24.3 Å². The summed E-state index contributed by atoms with van der Waals surface area (Å²) in [5.41, 5.74) is 2.39. The monoisotopic (exact) mass is 465 g/mol. The van der Waals surface area contributed by atoms with Gasteiger partial charge in [-0.2, -0.15) is 0 Å². The summed E-state index contributed by atoms with van der Waals surface area (Å²) in [6, 6.07) is 15.2. The van der Waals surface area contributed by atoms with E-state index in [1.54, 1.807) is 43.3 Å². The zero-order valence-corrected chi connectivity index (χ0v) is 18.3. The Hall–Kier alpha value is -2.41. The van der Waals surface area contributed by atoms with E-state index in [9.17, 15) is 17.6 Å². The van der Waals surface area contributed by atoms with Crippen molar-refractivity contribution in [2.75, 3.05) is 11.1 Å². The first kappa shape index (κ1) is 22.3. The molecule has 8 heteroatoms. The van der Waals surface area contributed by atoms with Crippen molar-refractivity contribution in [3.05, 3.63) is 82.1 Å². The molecule has 0 bridgehead atoms. The number of hydrogen-bond donors (Lipinski definition) is 1. The van der Waals surface area contributed by atoms with Crippen LogP contribution in [0.5, 0.6) is 0 Å². The highest BCUT2D eigenvalue weighted by atomic mass is 35.5. The minimum atomic E-state index is -3.27. The average molecular weight is 466 g/mol. The summed E-state index contributed by atoms with van der Waals surface area (Å²) in [4.78, 5) is 12.6. The van der Waals surface area contributed by atoms with Crippen molar-refractivity contribution in [3.63, 3.8) is 0 Å². The normalized spacial score (nSPS) is 11.3. The lowest BCUT2D eigenvalue weighted by molar-refractivity contribution is -0.115. The molecule has 1 amide bonds. The minimum absolute atomic E-state index is 0.0206. The quantitative estimate of drug-likeness (QED) is 0.502. The first-order valence-corrected chi connectivity index (χ1v) is 11.5. The Kier molecular flexibility index (Phi) is 6.81. The summed E-state index contributed by atoms with van der Waals surface area (Å²) < 4.78 is 37.0. The van der Waals surface area contributed by atoms with Gasteiger partial charge in [-0.25, -0.2) is 12.8 Å². The van der Waals surface area contributed by atoms with E-state index < -0.39 is 15.7 Å². The third-order valence-electron chi connectivity index (χ3n) is 4.50. The number of nitrogens with one attached hydrogen (secondary N) is 1. The lowest BCUT2D eigenvalue weighted by Crippen LogP contribution is -2.14. The van der Waals surface area contributed by atoms with Crippen molar-refractivity contribution >= 4 is 44.6 Å². The van der Waals surface area contributed by atoms with Crippen LogP contribution in [0.25, 0.3) is 11.1 Å². The van der Waals surface area contributed by atoms with E-state index in [2.05, 4.69) is 5.32 Å². The minimum Gasteiger partial charge on any atom is -0.326 e. The van der Waals surface area contributed by atoms with E-state index in [0.29, 0.717) is 27.4 Å². The summed E-state index contributed by atoms with van der Waals surface area (Å²) in [7, 11) is -3.27. The van der Waals surface area contributed by atoms with Crippen LogP contribution < -0.4 is 5.32 Å². The molecule has 0 saturated heterocycles. The lowest BCUT2D eigenvalue weighted by Gasteiger charge is -2.11. The predicted octanol–water partition coefficient (Wildman–Crippen LogP) is 5.77. The number of anilines is 1. The molecule has 0 aliphatic rings. The molecule has 0 aliphatic heterocycles. The molecule has 4 nitrogen and oxygen atoms in total. The van der Waals surface area contributed by atoms with E-state index in [1.807, 2.05) is 0 Å². The SMILES string of the molecule is CCS(=O)(=O)c1ccc(CC(=O)Nc2ccc(-c3ccc(F)cc3Cl)c(Cl)c2)cc1. The highest BCUT2D eigenvalue weighted by molar-refractivity contribution is 7.91. The molecule has 1 N–H and O–H groups in total. The van der Waals surface area contributed by atoms with E-state index >= 15 is 0 Å². The molecule has 3 rings (SSSR count). The molecule has 3 aromatic carbocycles. The van der Waals surface area contributed by atoms with Gasteiger partial charge in [0.15, 0.2) is 9.84 Å². The van der Waals surface area contributed by atoms with E-state index in [0.717, 1.165) is 0 Å². The Morgan fingerprint density at radius 2 is 1.53 bits per heavy atom. The van der Waals surface area contributed by atoms with Crippen molar-refractivity contribution < 1.29 is 17.6 Å². The average Bonchev–Trinajstić information content (AvgIpc) is 2.69. The second-order valence-electron chi connectivity index (χ2n) is 6.59. The summed E-state index contributed by atoms with van der Waals surface area (Å²) in [6.07, 6.45) is 0.0790. The van der Waals surface area contributed by atoms with Gasteiger partial charge in [0.25, 0.3) is 0 Å². The van der Waals surface area contributed by atoms with Crippen LogP contribution in [-0.2, 0) is 21.1 Å². The van der Waals surface area contributed by atoms with Gasteiger partial charge in [0.2, 0.25) is 5.91 Å². The van der Waals surface area contributed by atoms with Gasteiger partial charge in [0.1, 0.15) is 5.82 Å². The van der Waals surface area contributed by atoms with Crippen LogP contribution in [0.1, 0.15) is 12.5 Å². The van der Waals surface area contributed by atoms with Crippen molar-refractivity contribution in [2.45, 2.75) is 18.2 Å². The number of halogens is 3. The number of rotatable bonds is 6. The molecular weight excluding hydrogens is 448 g/mol. The Morgan fingerprint density at radius 3 is 2.10 bits per heavy atom. The second-order valence-corrected chi connectivity index (χ2v) is 9.68. The number of benzene rings is 3. The number of hydrogen-bond acceptors (Lipinski definition) is 3. The fourth-order valence-corrected chi connectivity index (χ4v) is 4.33. The van der Waals surface area contributed by atoms with Gasteiger partial charge in [-0.1, -0.05) is 48.3 Å². The molecule has 30 heavy (non-hydrogen) atoms. The van der Waals surface area contributed by atoms with Crippen molar-refractivity contribution in [1.82, 2.24) is 0 Å². The van der Waals surface area contributed by atoms with E-state index in [4.69, 9.17) is 23.2 Å². The number of carbonyl (C=O) groups excluding carboxylic acids is 1. The molecule has 0 saturated carbocycles. The van der Waals surface area contributed by atoms with Crippen molar-refractivity contribution in [1.29, 1.82) is 0 Å². The van der Waals surface area contributed by atoms with Crippen LogP contribution in [0.2, 0.25) is 10.0 Å². The molecule has 3 aromatic rings. The van der Waals surface area contributed by atoms with Gasteiger partial charge >= 0.3 is 0 Å². The Balaban J connectivity index is 1.71. The molecule has 0 heterocycles. The number of sulfone groups is 1. The smallest absolute Gasteiger partial charge is 0.228 e. The third kappa shape index (κ3) is 5.19. The van der Waals surface area contributed by atoms with E-state index in [-0.39, 0.29) is 28.0 Å². The molecule has 0 fully saturated rings. The number of amides is 1. The number of carbonyl (C=O) groups is 1. The molecule has 0 aromatic heterocycles. The van der Waals surface area contributed by atoms with Crippen molar-refractivity contribution in [3.8, 4) is 11.1 Å². The zero-order chi connectivity index (χ0) is 21.9. The topological polar surface area (TPSA) is 63.2 Å². The highest BCUT2D eigenvalue weighted by Crippen LogP contribution is 2.35. The maximum Gasteiger partial charge on any atom is 0.228 e. The standard InChI is InChI=1S/C22H18Cl2FNO3S/c1-2-30(28,29)17-7-3-14(4-8-17)11-22(27)26-16-6-10-19(21(24)13-16)18-9-5-15(25)12-20(18)23/h3-10,12-13H,2,11H2,1H3,(H,26,27). The van der Waals surface area contributed by atoms with Gasteiger partial charge in [-0.3, -0.25) is 4.79 Å². The van der Waals surface area contributed by atoms with Gasteiger partial charge in [0, 0.05) is 16.8 Å². The Labute approximate surface area is 184 Å². The van der Waals surface area contributed by atoms with Crippen LogP contribution in [0.3, 0.4) is 0 Å². The van der Waals surface area contributed by atoms with Gasteiger partial charge < -0.3 is 5.32 Å². The Bertz CT molecular complexity index is 1200. The summed E-state index contributed by atoms with van der Waals surface area (Å²) >= 11 is 12.4. The second kappa shape index (κ2) is 9.16. The molecule has 0 atom stereocenters. The highest BCUT2D eigenvalue weighted by Gasteiger charge is 2.13. The molecule has 0 aliphatic carbocycles. The largest absolute Gasteiger partial charge is 0.326 e. The van der Waals surface area contributed by atoms with Gasteiger partial charge in [0.05, 0.1) is 27.1 Å².